The van der Waals surface area contributed by atoms with E-state index in [9.17, 15) is 0 Å². The predicted molar refractivity (Wildman–Crippen MR) is 78.0 cm³/mol. The largest absolute Gasteiger partial charge is 0.328 e. The molecule has 0 saturated heterocycles. The van der Waals surface area contributed by atoms with Crippen LogP contribution in [-0.2, 0) is 13.0 Å². The summed E-state index contributed by atoms with van der Waals surface area (Å²) in [5.74, 6) is 1.15. The smallest absolute Gasteiger partial charge is 0.109 e. The summed E-state index contributed by atoms with van der Waals surface area (Å²) in [5.41, 5.74) is 4.89. The molecule has 0 bridgehead atoms. The summed E-state index contributed by atoms with van der Waals surface area (Å²) in [5, 5.41) is 8.69. The molecule has 0 atom stereocenters. The van der Waals surface area contributed by atoms with Gasteiger partial charge < -0.3 is 4.57 Å². The van der Waals surface area contributed by atoms with Crippen molar-refractivity contribution in [3.8, 4) is 6.07 Å². The lowest BCUT2D eigenvalue weighted by Crippen LogP contribution is -2.04. The normalized spacial score (nSPS) is 10.8. The van der Waals surface area contributed by atoms with Gasteiger partial charge in [-0.3, -0.25) is 0 Å². The third-order valence-electron chi connectivity index (χ3n) is 3.59. The number of nitrogens with zero attached hydrogens (tertiary/aromatic N) is 3. The van der Waals surface area contributed by atoms with Crippen LogP contribution >= 0.6 is 0 Å². The number of unbranched alkanes of at least 4 members (excludes halogenated alkanes) is 1. The van der Waals surface area contributed by atoms with Gasteiger partial charge in [-0.05, 0) is 49.9 Å². The highest BCUT2D eigenvalue weighted by molar-refractivity contribution is 5.78. The maximum atomic E-state index is 8.69. The van der Waals surface area contributed by atoms with Crippen LogP contribution in [0.2, 0.25) is 0 Å². The van der Waals surface area contributed by atoms with Gasteiger partial charge in [0.15, 0.2) is 0 Å². The molecular formula is C16H21N3. The molecule has 3 nitrogen and oxygen atoms in total. The Kier molecular flexibility index (Phi) is 4.21. The van der Waals surface area contributed by atoms with E-state index in [-0.39, 0.29) is 0 Å². The van der Waals surface area contributed by atoms with E-state index in [0.717, 1.165) is 37.1 Å². The first kappa shape index (κ1) is 13.6. The van der Waals surface area contributed by atoms with Gasteiger partial charge in [-0.15, -0.1) is 0 Å². The molecule has 0 radical (unpaired) electrons. The number of hydrogen-bond donors (Lipinski definition) is 0. The topological polar surface area (TPSA) is 41.6 Å². The van der Waals surface area contributed by atoms with E-state index < -0.39 is 0 Å². The average molecular weight is 255 g/mol. The number of fused-ring (bicyclic) bond motifs is 1. The van der Waals surface area contributed by atoms with Crippen LogP contribution in [0.15, 0.2) is 12.1 Å². The Hall–Kier alpha value is -1.82. The Morgan fingerprint density at radius 2 is 2.00 bits per heavy atom. The lowest BCUT2D eigenvalue weighted by molar-refractivity contribution is 0.627. The molecule has 3 heteroatoms. The Morgan fingerprint density at radius 1 is 1.26 bits per heavy atom. The van der Waals surface area contributed by atoms with Gasteiger partial charge in [0.05, 0.1) is 17.1 Å². The van der Waals surface area contributed by atoms with Gasteiger partial charge in [-0.1, -0.05) is 6.92 Å². The highest BCUT2D eigenvalue weighted by Crippen LogP contribution is 2.22. The van der Waals surface area contributed by atoms with Gasteiger partial charge in [-0.2, -0.15) is 5.26 Å². The van der Waals surface area contributed by atoms with Crippen molar-refractivity contribution >= 4 is 11.0 Å². The van der Waals surface area contributed by atoms with Crippen LogP contribution in [0.4, 0.5) is 0 Å². The van der Waals surface area contributed by atoms with E-state index in [4.69, 9.17) is 10.2 Å². The number of aromatic nitrogens is 2. The molecular weight excluding hydrogens is 234 g/mol. The first-order valence-corrected chi connectivity index (χ1v) is 7.00. The Balaban J connectivity index is 2.46. The van der Waals surface area contributed by atoms with Gasteiger partial charge in [0.25, 0.3) is 0 Å². The fourth-order valence-electron chi connectivity index (χ4n) is 2.41. The Morgan fingerprint density at radius 3 is 2.68 bits per heavy atom. The monoisotopic (exact) mass is 255 g/mol. The molecule has 2 rings (SSSR count). The van der Waals surface area contributed by atoms with Crippen molar-refractivity contribution in [1.82, 2.24) is 9.55 Å². The summed E-state index contributed by atoms with van der Waals surface area (Å²) < 4.78 is 2.29. The lowest BCUT2D eigenvalue weighted by atomic mass is 10.1. The molecule has 2 aromatic rings. The third-order valence-corrected chi connectivity index (χ3v) is 3.59. The maximum absolute atomic E-state index is 8.69. The van der Waals surface area contributed by atoms with Gasteiger partial charge in [0.2, 0.25) is 0 Å². The average Bonchev–Trinajstić information content (AvgIpc) is 2.69. The number of benzene rings is 1. The fourth-order valence-corrected chi connectivity index (χ4v) is 2.41. The van der Waals surface area contributed by atoms with Crippen LogP contribution in [0.1, 0.15) is 43.1 Å². The highest BCUT2D eigenvalue weighted by Gasteiger charge is 2.11. The van der Waals surface area contributed by atoms with Crippen LogP contribution in [0.3, 0.4) is 0 Å². The lowest BCUT2D eigenvalue weighted by Gasteiger charge is -2.08. The Labute approximate surface area is 114 Å². The van der Waals surface area contributed by atoms with E-state index >= 15 is 0 Å². The Bertz CT molecular complexity index is 617. The minimum Gasteiger partial charge on any atom is -0.328 e. The molecule has 0 aliphatic heterocycles. The van der Waals surface area contributed by atoms with Crippen molar-refractivity contribution in [3.63, 3.8) is 0 Å². The second kappa shape index (κ2) is 5.88. The molecule has 1 aromatic carbocycles. The van der Waals surface area contributed by atoms with Gasteiger partial charge in [-0.25, -0.2) is 4.98 Å². The number of rotatable bonds is 5. The molecule has 19 heavy (non-hydrogen) atoms. The summed E-state index contributed by atoms with van der Waals surface area (Å²) in [6, 6.07) is 6.61. The van der Waals surface area contributed by atoms with E-state index in [1.54, 1.807) is 0 Å². The molecule has 0 amide bonds. The zero-order chi connectivity index (χ0) is 13.8. The maximum Gasteiger partial charge on any atom is 0.109 e. The standard InChI is InChI=1S/C16H21N3/c1-4-7-16-18-14-10-12(2)13(3)11-15(14)19(16)9-6-5-8-17/h10-11H,4-7,9H2,1-3H3. The third kappa shape index (κ3) is 2.78. The van der Waals surface area contributed by atoms with Gasteiger partial charge >= 0.3 is 0 Å². The van der Waals surface area contributed by atoms with Crippen LogP contribution in [0.5, 0.6) is 0 Å². The van der Waals surface area contributed by atoms with Crippen LogP contribution in [0, 0.1) is 25.2 Å². The fraction of sp³-hybridized carbons (Fsp3) is 0.500. The van der Waals surface area contributed by atoms with Gasteiger partial charge in [0, 0.05) is 19.4 Å². The minimum absolute atomic E-state index is 0.607. The highest BCUT2D eigenvalue weighted by atomic mass is 15.1. The van der Waals surface area contributed by atoms with E-state index in [1.807, 2.05) is 0 Å². The van der Waals surface area contributed by atoms with Crippen molar-refractivity contribution in [2.24, 2.45) is 0 Å². The predicted octanol–water partition coefficient (Wildman–Crippen LogP) is 3.91. The molecule has 0 N–H and O–H groups in total. The number of aryl methyl sites for hydroxylation is 4. The zero-order valence-corrected chi connectivity index (χ0v) is 12.0. The second-order valence-electron chi connectivity index (χ2n) is 5.12. The van der Waals surface area contributed by atoms with Crippen molar-refractivity contribution in [3.05, 3.63) is 29.1 Å². The molecule has 0 fully saturated rings. The van der Waals surface area contributed by atoms with Crippen molar-refractivity contribution < 1.29 is 0 Å². The number of hydrogen-bond acceptors (Lipinski definition) is 2. The molecule has 100 valence electrons. The number of imidazole rings is 1. The summed E-state index contributed by atoms with van der Waals surface area (Å²) in [4.78, 5) is 4.76. The summed E-state index contributed by atoms with van der Waals surface area (Å²) >= 11 is 0. The summed E-state index contributed by atoms with van der Waals surface area (Å²) in [6.07, 6.45) is 3.60. The molecule has 0 saturated carbocycles. The molecule has 0 unspecified atom stereocenters. The van der Waals surface area contributed by atoms with E-state index in [2.05, 4.69) is 43.5 Å². The van der Waals surface area contributed by atoms with E-state index in [1.165, 1.54) is 16.6 Å². The molecule has 1 aromatic heterocycles. The first-order valence-electron chi connectivity index (χ1n) is 7.00. The number of nitriles is 1. The second-order valence-corrected chi connectivity index (χ2v) is 5.12. The van der Waals surface area contributed by atoms with Crippen LogP contribution < -0.4 is 0 Å². The first-order chi connectivity index (χ1) is 9.17. The quantitative estimate of drug-likeness (QED) is 0.760. The molecule has 0 aliphatic carbocycles. The molecule has 0 spiro atoms. The molecule has 0 aliphatic rings. The van der Waals surface area contributed by atoms with Crippen molar-refractivity contribution in [2.45, 2.75) is 53.0 Å². The van der Waals surface area contributed by atoms with Gasteiger partial charge in [0.1, 0.15) is 5.82 Å². The molecule has 1 heterocycles. The van der Waals surface area contributed by atoms with Crippen molar-refractivity contribution in [1.29, 1.82) is 5.26 Å². The van der Waals surface area contributed by atoms with E-state index in [0.29, 0.717) is 6.42 Å². The SMILES string of the molecule is CCCc1nc2cc(C)c(C)cc2n1CCCC#N. The summed E-state index contributed by atoms with van der Waals surface area (Å²) in [7, 11) is 0. The van der Waals surface area contributed by atoms with Crippen LogP contribution in [0.25, 0.3) is 11.0 Å². The zero-order valence-electron chi connectivity index (χ0n) is 12.0. The van der Waals surface area contributed by atoms with Crippen LogP contribution in [-0.4, -0.2) is 9.55 Å². The minimum atomic E-state index is 0.607. The van der Waals surface area contributed by atoms with Crippen molar-refractivity contribution in [2.75, 3.05) is 0 Å². The summed E-state index contributed by atoms with van der Waals surface area (Å²) in [6.45, 7) is 7.33.